The van der Waals surface area contributed by atoms with Crippen molar-refractivity contribution in [3.63, 3.8) is 0 Å². The van der Waals surface area contributed by atoms with E-state index in [0.717, 1.165) is 0 Å². The van der Waals surface area contributed by atoms with Gasteiger partial charge in [0.2, 0.25) is 0 Å². The molecule has 0 radical (unpaired) electrons. The van der Waals surface area contributed by atoms with Crippen LogP contribution < -0.4 is 21.3 Å². The average Bonchev–Trinajstić information content (AvgIpc) is 3.40. The molecular weight excluding hydrogens is 502 g/mol. The van der Waals surface area contributed by atoms with E-state index in [1.54, 1.807) is 0 Å². The molecule has 2 aliphatic heterocycles. The van der Waals surface area contributed by atoms with E-state index in [-0.39, 0.29) is 24.7 Å². The monoisotopic (exact) mass is 533 g/mol. The highest BCUT2D eigenvalue weighted by Gasteiger charge is 2.31. The summed E-state index contributed by atoms with van der Waals surface area (Å²) in [6.07, 6.45) is 6.51. The van der Waals surface area contributed by atoms with Crippen LogP contribution in [0.2, 0.25) is 0 Å². The van der Waals surface area contributed by atoms with Crippen LogP contribution in [0.3, 0.4) is 0 Å². The summed E-state index contributed by atoms with van der Waals surface area (Å²) in [5.41, 5.74) is 6.07. The third-order valence-corrected chi connectivity index (χ3v) is 8.37. The van der Waals surface area contributed by atoms with Crippen LogP contribution >= 0.6 is 0 Å². The van der Waals surface area contributed by atoms with Gasteiger partial charge in [-0.1, -0.05) is 109 Å². The van der Waals surface area contributed by atoms with Crippen LogP contribution in [-0.2, 0) is 0 Å². The van der Waals surface area contributed by atoms with Gasteiger partial charge < -0.3 is 9.88 Å². The number of rotatable bonds is 4. The lowest BCUT2D eigenvalue weighted by atomic mass is 10.0. The van der Waals surface area contributed by atoms with Gasteiger partial charge in [-0.2, -0.15) is 0 Å². The summed E-state index contributed by atoms with van der Waals surface area (Å²) in [5, 5.41) is 20.2. The summed E-state index contributed by atoms with van der Waals surface area (Å²) >= 11 is 0. The van der Waals surface area contributed by atoms with Crippen LogP contribution in [0.25, 0.3) is 32.6 Å². The van der Waals surface area contributed by atoms with Crippen molar-refractivity contribution in [1.29, 1.82) is 0 Å². The molecule has 2 aliphatic rings. The molecule has 8 rings (SSSR count). The second-order valence-electron chi connectivity index (χ2n) is 10.8. The van der Waals surface area contributed by atoms with Crippen molar-refractivity contribution in [3.8, 4) is 0 Å². The Morgan fingerprint density at radius 3 is 1.85 bits per heavy atom. The first-order valence-corrected chi connectivity index (χ1v) is 14.3. The van der Waals surface area contributed by atoms with E-state index in [0.29, 0.717) is 0 Å². The maximum Gasteiger partial charge on any atom is 0.123 e. The predicted octanol–water partition coefficient (Wildman–Crippen LogP) is 7.00. The third-order valence-electron chi connectivity index (χ3n) is 8.37. The Morgan fingerprint density at radius 2 is 1.12 bits per heavy atom. The van der Waals surface area contributed by atoms with Crippen LogP contribution in [0.15, 0.2) is 145 Å². The van der Waals surface area contributed by atoms with Gasteiger partial charge in [-0.05, 0) is 58.0 Å². The van der Waals surface area contributed by atoms with Gasteiger partial charge in [0.1, 0.15) is 6.17 Å². The number of hydrogen-bond donors (Lipinski definition) is 4. The van der Waals surface area contributed by atoms with Crippen molar-refractivity contribution in [2.45, 2.75) is 24.7 Å². The van der Waals surface area contributed by atoms with Crippen molar-refractivity contribution in [1.82, 2.24) is 25.8 Å². The summed E-state index contributed by atoms with van der Waals surface area (Å²) in [6, 6.07) is 43.1. The van der Waals surface area contributed by atoms with Gasteiger partial charge in [-0.15, -0.1) is 0 Å². The predicted molar refractivity (Wildman–Crippen MR) is 168 cm³/mol. The quantitative estimate of drug-likeness (QED) is 0.197. The fourth-order valence-electron chi connectivity index (χ4n) is 6.45. The fraction of sp³-hybridized carbons (Fsp3) is 0.111. The highest BCUT2D eigenvalue weighted by Crippen LogP contribution is 2.37. The van der Waals surface area contributed by atoms with E-state index in [2.05, 4.69) is 166 Å². The summed E-state index contributed by atoms with van der Waals surface area (Å²) in [5.74, 6) is 0. The number of aromatic nitrogens is 1. The molecule has 6 aromatic rings. The zero-order valence-corrected chi connectivity index (χ0v) is 22.5. The van der Waals surface area contributed by atoms with Crippen LogP contribution in [0.4, 0.5) is 0 Å². The zero-order valence-electron chi connectivity index (χ0n) is 22.5. The maximum absolute atomic E-state index is 3.82. The van der Waals surface area contributed by atoms with Crippen LogP contribution in [0.5, 0.6) is 0 Å². The molecule has 4 N–H and O–H groups in total. The Kier molecular flexibility index (Phi) is 5.92. The number of benzene rings is 5. The minimum Gasteiger partial charge on any atom is -0.368 e. The number of hydrogen-bond acceptors (Lipinski definition) is 4. The number of dihydropyridines is 1. The van der Waals surface area contributed by atoms with Gasteiger partial charge >= 0.3 is 0 Å². The van der Waals surface area contributed by atoms with Gasteiger partial charge in [0.15, 0.2) is 0 Å². The van der Waals surface area contributed by atoms with Gasteiger partial charge in [0.25, 0.3) is 0 Å². The Morgan fingerprint density at radius 1 is 0.512 bits per heavy atom. The first-order chi connectivity index (χ1) is 20.3. The van der Waals surface area contributed by atoms with Crippen molar-refractivity contribution >= 4 is 32.6 Å². The average molecular weight is 534 g/mol. The molecule has 1 saturated heterocycles. The molecule has 0 amide bonds. The summed E-state index contributed by atoms with van der Waals surface area (Å²) in [6.45, 7) is 0. The zero-order chi connectivity index (χ0) is 27.2. The standard InChI is InChI=1S/C36H31N5/c1-3-12-25(13-4-1)34-38-35(26-14-5-2-6-15-26)40-36(39-34)27-21-22-37-32(23-27)41-30-18-10-9-17-29(30)33-28-16-8-7-11-24(28)19-20-31(33)41/h1-23,32,34-40H. The molecule has 0 saturated carbocycles. The van der Waals surface area contributed by atoms with Gasteiger partial charge in [0.05, 0.1) is 29.5 Å². The van der Waals surface area contributed by atoms with Crippen molar-refractivity contribution in [2.75, 3.05) is 0 Å². The van der Waals surface area contributed by atoms with Crippen molar-refractivity contribution in [3.05, 3.63) is 156 Å². The molecule has 3 atom stereocenters. The van der Waals surface area contributed by atoms with E-state index in [1.165, 1.54) is 49.3 Å². The lowest BCUT2D eigenvalue weighted by molar-refractivity contribution is 0.223. The Hall–Kier alpha value is -4.68. The van der Waals surface area contributed by atoms with Crippen LogP contribution in [0, 0.1) is 0 Å². The smallest absolute Gasteiger partial charge is 0.123 e. The molecule has 5 nitrogen and oxygen atoms in total. The molecule has 5 aromatic carbocycles. The minimum absolute atomic E-state index is 0.00473. The second kappa shape index (κ2) is 10.1. The van der Waals surface area contributed by atoms with E-state index in [9.17, 15) is 0 Å². The Balaban J connectivity index is 1.22. The molecule has 3 unspecified atom stereocenters. The number of nitrogens with zero attached hydrogens (tertiary/aromatic N) is 1. The largest absolute Gasteiger partial charge is 0.368 e. The molecule has 200 valence electrons. The molecule has 1 fully saturated rings. The first kappa shape index (κ1) is 24.1. The molecule has 0 bridgehead atoms. The molecule has 0 aliphatic carbocycles. The van der Waals surface area contributed by atoms with E-state index < -0.39 is 0 Å². The van der Waals surface area contributed by atoms with Crippen LogP contribution in [0.1, 0.15) is 29.6 Å². The van der Waals surface area contributed by atoms with E-state index in [1.807, 2.05) is 0 Å². The topological polar surface area (TPSA) is 53.0 Å². The molecule has 1 aromatic heterocycles. The normalized spacial score (nSPS) is 22.6. The van der Waals surface area contributed by atoms with Crippen molar-refractivity contribution in [2.24, 2.45) is 0 Å². The van der Waals surface area contributed by atoms with Gasteiger partial charge in [-0.25, -0.2) is 0 Å². The first-order valence-electron chi connectivity index (χ1n) is 14.3. The molecule has 0 spiro atoms. The third kappa shape index (κ3) is 4.23. The van der Waals surface area contributed by atoms with E-state index in [4.69, 9.17) is 0 Å². The van der Waals surface area contributed by atoms with Gasteiger partial charge in [-0.3, -0.25) is 16.0 Å². The van der Waals surface area contributed by atoms with E-state index >= 15 is 0 Å². The lowest BCUT2D eigenvalue weighted by Gasteiger charge is -2.40. The summed E-state index contributed by atoms with van der Waals surface area (Å²) < 4.78 is 2.44. The fourth-order valence-corrected chi connectivity index (χ4v) is 6.45. The SMILES string of the molecule is C1=CC(C2NC(c3ccccc3)NC(c3ccccc3)N2)=CC(n2c3ccccc3c3c4ccccc4ccc32)N1. The minimum atomic E-state index is -0.0542. The van der Waals surface area contributed by atoms with Crippen molar-refractivity contribution < 1.29 is 0 Å². The molecule has 3 heterocycles. The second-order valence-corrected chi connectivity index (χ2v) is 10.8. The molecule has 41 heavy (non-hydrogen) atoms. The summed E-state index contributed by atoms with van der Waals surface area (Å²) in [7, 11) is 0. The number of fused-ring (bicyclic) bond motifs is 5. The van der Waals surface area contributed by atoms with Crippen LogP contribution in [-0.4, -0.2) is 10.7 Å². The highest BCUT2D eigenvalue weighted by atomic mass is 15.4. The number of nitrogens with one attached hydrogen (secondary N) is 4. The summed E-state index contributed by atoms with van der Waals surface area (Å²) in [4.78, 5) is 0. The maximum atomic E-state index is 3.82. The molecule has 5 heteroatoms. The number of para-hydroxylation sites is 1. The Bertz CT molecular complexity index is 1870. The molecular formula is C36H31N5. The Labute approximate surface area is 239 Å². The highest BCUT2D eigenvalue weighted by molar-refractivity contribution is 6.20. The lowest BCUT2D eigenvalue weighted by Crippen LogP contribution is -2.59. The van der Waals surface area contributed by atoms with Gasteiger partial charge in [0, 0.05) is 10.8 Å².